The molecule has 4 N–H and O–H groups in total. The van der Waals surface area contributed by atoms with Crippen molar-refractivity contribution in [1.29, 1.82) is 0 Å². The van der Waals surface area contributed by atoms with E-state index < -0.39 is 43.4 Å². The molecule has 0 aliphatic carbocycles. The first kappa shape index (κ1) is 53.7. The van der Waals surface area contributed by atoms with Crippen LogP contribution in [-0.4, -0.2) is 89.6 Å². The molecule has 1 heterocycles. The number of hydrogen-bond donors (Lipinski definition) is 4. The van der Waals surface area contributed by atoms with E-state index in [1.807, 2.05) is 0 Å². The van der Waals surface area contributed by atoms with E-state index in [9.17, 15) is 25.2 Å². The largest absolute Gasteiger partial charge is 0.457 e. The molecule has 6 atom stereocenters. The summed E-state index contributed by atoms with van der Waals surface area (Å²) in [4.78, 5) is 12.8. The zero-order chi connectivity index (χ0) is 41.4. The van der Waals surface area contributed by atoms with Gasteiger partial charge in [-0.2, -0.15) is 0 Å². The molecule has 0 aromatic heterocycles. The van der Waals surface area contributed by atoms with Crippen molar-refractivity contribution in [2.24, 2.45) is 0 Å². The molecule has 9 nitrogen and oxygen atoms in total. The summed E-state index contributed by atoms with van der Waals surface area (Å²) in [5, 5.41) is 40.1. The van der Waals surface area contributed by atoms with Gasteiger partial charge in [-0.25, -0.2) is 0 Å². The normalized spacial score (nSPS) is 20.6. The molecule has 6 unspecified atom stereocenters. The van der Waals surface area contributed by atoms with Crippen LogP contribution >= 0.6 is 0 Å². The Morgan fingerprint density at radius 1 is 0.561 bits per heavy atom. The highest BCUT2D eigenvalue weighted by molar-refractivity contribution is 5.69. The number of unbranched alkanes of at least 4 members (excludes halogenated alkanes) is 26. The van der Waals surface area contributed by atoms with Crippen molar-refractivity contribution in [2.45, 2.75) is 250 Å². The monoisotopic (exact) mass is 811 g/mol. The molecule has 0 saturated carbocycles. The Morgan fingerprint density at radius 3 is 1.56 bits per heavy atom. The zero-order valence-electron chi connectivity index (χ0n) is 36.9. The van der Waals surface area contributed by atoms with Crippen molar-refractivity contribution in [3.8, 4) is 0 Å². The Morgan fingerprint density at radius 2 is 1.04 bits per heavy atom. The number of carbonyl (C=O) groups is 1. The van der Waals surface area contributed by atoms with Gasteiger partial charge in [0, 0.05) is 13.0 Å². The van der Waals surface area contributed by atoms with Gasteiger partial charge in [0.2, 0.25) is 0 Å². The Kier molecular flexibility index (Phi) is 37.8. The molecule has 0 amide bonds. The SMILES string of the molecule is CCCC/C=C\C/C=C\CCCCCCCCOCC(COC1OC(CO)C(O)C(O)C1O)OC(=O)CCCCCCCCCCCCCCCCCCCCC. The summed E-state index contributed by atoms with van der Waals surface area (Å²) in [5.41, 5.74) is 0. The van der Waals surface area contributed by atoms with E-state index in [4.69, 9.17) is 18.9 Å². The van der Waals surface area contributed by atoms with Gasteiger partial charge < -0.3 is 39.4 Å². The lowest BCUT2D eigenvalue weighted by molar-refractivity contribution is -0.305. The molecule has 0 radical (unpaired) electrons. The molecule has 336 valence electrons. The fourth-order valence-corrected chi connectivity index (χ4v) is 7.33. The Hall–Kier alpha value is -1.33. The van der Waals surface area contributed by atoms with Gasteiger partial charge in [-0.15, -0.1) is 0 Å². The van der Waals surface area contributed by atoms with Crippen molar-refractivity contribution >= 4 is 5.97 Å². The molecule has 1 aliphatic heterocycles. The first-order valence-electron chi connectivity index (χ1n) is 23.9. The third-order valence-electron chi connectivity index (χ3n) is 11.1. The molecule has 0 bridgehead atoms. The van der Waals surface area contributed by atoms with E-state index in [0.29, 0.717) is 13.0 Å². The summed E-state index contributed by atoms with van der Waals surface area (Å²) in [5.74, 6) is -0.314. The number of aliphatic hydroxyl groups excluding tert-OH is 4. The van der Waals surface area contributed by atoms with Crippen molar-refractivity contribution in [3.63, 3.8) is 0 Å². The summed E-state index contributed by atoms with van der Waals surface area (Å²) < 4.78 is 22.8. The van der Waals surface area contributed by atoms with Crippen LogP contribution in [-0.2, 0) is 23.7 Å². The molecule has 1 fully saturated rings. The maximum atomic E-state index is 12.8. The van der Waals surface area contributed by atoms with Crippen LogP contribution in [0.4, 0.5) is 0 Å². The molecule has 9 heteroatoms. The van der Waals surface area contributed by atoms with Gasteiger partial charge in [0.15, 0.2) is 6.29 Å². The fraction of sp³-hybridized carbons (Fsp3) is 0.896. The average molecular weight is 811 g/mol. The number of allylic oxidation sites excluding steroid dienone is 4. The lowest BCUT2D eigenvalue weighted by Gasteiger charge is -2.39. The molecule has 57 heavy (non-hydrogen) atoms. The van der Waals surface area contributed by atoms with E-state index in [0.717, 1.165) is 51.4 Å². The standard InChI is InChI=1S/C48H90O9/c1-3-5-7-9-11-13-15-17-19-20-21-22-23-25-27-29-31-33-35-37-44(50)56-42(41-55-48-47(53)46(52)45(51)43(39-49)57-48)40-54-38-36-34-32-30-28-26-24-18-16-14-12-10-8-6-4-2/h10,12,16,18,42-43,45-49,51-53H,3-9,11,13-15,17,19-41H2,1-2H3/b12-10-,18-16-. The Labute approximate surface area is 349 Å². The van der Waals surface area contributed by atoms with Gasteiger partial charge in [-0.1, -0.05) is 192 Å². The van der Waals surface area contributed by atoms with E-state index in [-0.39, 0.29) is 19.2 Å². The van der Waals surface area contributed by atoms with Gasteiger partial charge in [-0.3, -0.25) is 4.79 Å². The number of ether oxygens (including phenoxy) is 4. The van der Waals surface area contributed by atoms with Gasteiger partial charge in [-0.05, 0) is 38.5 Å². The second-order valence-electron chi connectivity index (χ2n) is 16.6. The summed E-state index contributed by atoms with van der Waals surface area (Å²) >= 11 is 0. The second kappa shape index (κ2) is 40.1. The highest BCUT2D eigenvalue weighted by Gasteiger charge is 2.44. The average Bonchev–Trinajstić information content (AvgIpc) is 3.21. The lowest BCUT2D eigenvalue weighted by atomic mass is 9.99. The van der Waals surface area contributed by atoms with E-state index in [2.05, 4.69) is 38.2 Å². The van der Waals surface area contributed by atoms with E-state index in [1.54, 1.807) is 0 Å². The number of carbonyl (C=O) groups excluding carboxylic acids is 1. The molecule has 0 spiro atoms. The van der Waals surface area contributed by atoms with E-state index >= 15 is 0 Å². The first-order valence-corrected chi connectivity index (χ1v) is 23.9. The minimum absolute atomic E-state index is 0.114. The van der Waals surface area contributed by atoms with Crippen LogP contribution in [0.3, 0.4) is 0 Å². The van der Waals surface area contributed by atoms with E-state index in [1.165, 1.54) is 141 Å². The predicted molar refractivity (Wildman–Crippen MR) is 233 cm³/mol. The minimum atomic E-state index is -1.54. The summed E-state index contributed by atoms with van der Waals surface area (Å²) in [6, 6.07) is 0. The molecule has 1 rings (SSSR count). The number of aliphatic hydroxyl groups is 4. The maximum absolute atomic E-state index is 12.8. The Balaban J connectivity index is 2.23. The maximum Gasteiger partial charge on any atom is 0.306 e. The highest BCUT2D eigenvalue weighted by atomic mass is 16.7. The molecule has 1 saturated heterocycles. The summed E-state index contributed by atoms with van der Waals surface area (Å²) in [6.07, 6.45) is 39.2. The smallest absolute Gasteiger partial charge is 0.306 e. The third kappa shape index (κ3) is 31.2. The first-order chi connectivity index (χ1) is 27.9. The van der Waals surface area contributed by atoms with Gasteiger partial charge >= 0.3 is 5.97 Å². The molecular weight excluding hydrogens is 721 g/mol. The highest BCUT2D eigenvalue weighted by Crippen LogP contribution is 2.23. The fourth-order valence-electron chi connectivity index (χ4n) is 7.33. The number of esters is 1. The summed E-state index contributed by atoms with van der Waals surface area (Å²) in [6.45, 7) is 4.53. The molecular formula is C48H90O9. The third-order valence-corrected chi connectivity index (χ3v) is 11.1. The summed E-state index contributed by atoms with van der Waals surface area (Å²) in [7, 11) is 0. The van der Waals surface area contributed by atoms with Gasteiger partial charge in [0.1, 0.15) is 30.5 Å². The van der Waals surface area contributed by atoms with Crippen LogP contribution in [0.1, 0.15) is 213 Å². The molecule has 0 aromatic carbocycles. The second-order valence-corrected chi connectivity index (χ2v) is 16.6. The molecule has 1 aliphatic rings. The van der Waals surface area contributed by atoms with Crippen LogP contribution in [0, 0.1) is 0 Å². The quantitative estimate of drug-likeness (QED) is 0.0270. The topological polar surface area (TPSA) is 135 Å². The van der Waals surface area contributed by atoms with Crippen LogP contribution in [0.15, 0.2) is 24.3 Å². The lowest BCUT2D eigenvalue weighted by Crippen LogP contribution is -2.59. The number of hydrogen-bond acceptors (Lipinski definition) is 9. The van der Waals surface area contributed by atoms with Crippen molar-refractivity contribution in [2.75, 3.05) is 26.4 Å². The Bertz CT molecular complexity index is 926. The minimum Gasteiger partial charge on any atom is -0.457 e. The van der Waals surface area contributed by atoms with Crippen LogP contribution in [0.5, 0.6) is 0 Å². The van der Waals surface area contributed by atoms with Crippen LogP contribution in [0.2, 0.25) is 0 Å². The van der Waals surface area contributed by atoms with Gasteiger partial charge in [0.25, 0.3) is 0 Å². The number of rotatable bonds is 41. The van der Waals surface area contributed by atoms with Crippen molar-refractivity contribution < 1.29 is 44.2 Å². The van der Waals surface area contributed by atoms with Gasteiger partial charge in [0.05, 0.1) is 19.8 Å². The van der Waals surface area contributed by atoms with Crippen LogP contribution in [0.25, 0.3) is 0 Å². The molecule has 0 aromatic rings. The van der Waals surface area contributed by atoms with Crippen LogP contribution < -0.4 is 0 Å². The predicted octanol–water partition coefficient (Wildman–Crippen LogP) is 11.0. The van der Waals surface area contributed by atoms with Crippen molar-refractivity contribution in [1.82, 2.24) is 0 Å². The zero-order valence-corrected chi connectivity index (χ0v) is 36.9. The van der Waals surface area contributed by atoms with Crippen molar-refractivity contribution in [3.05, 3.63) is 24.3 Å².